The number of rotatable bonds is 1. The SMILES string of the molecule is Br.CC(=O)/C=C(/C)O.[Mn]. The van der Waals surface area contributed by atoms with Crippen LogP contribution in [0.3, 0.4) is 0 Å². The van der Waals surface area contributed by atoms with Crippen LogP contribution in [-0.4, -0.2) is 10.9 Å². The summed E-state index contributed by atoms with van der Waals surface area (Å²) in [6.45, 7) is 2.85. The number of carbonyl (C=O) groups excluding carboxylic acids is 1. The number of ketones is 1. The van der Waals surface area contributed by atoms with Crippen molar-refractivity contribution in [2.24, 2.45) is 0 Å². The van der Waals surface area contributed by atoms with Crippen LogP contribution in [0, 0.1) is 0 Å². The molecule has 1 N–H and O–H groups in total. The van der Waals surface area contributed by atoms with Crippen LogP contribution in [0.4, 0.5) is 0 Å². The average Bonchev–Trinajstić information content (AvgIpc) is 1.27. The van der Waals surface area contributed by atoms with E-state index in [0.29, 0.717) is 0 Å². The maximum Gasteiger partial charge on any atom is 0.155 e. The second-order valence-electron chi connectivity index (χ2n) is 1.40. The minimum atomic E-state index is -0.125. The number of hydrogen-bond acceptors (Lipinski definition) is 2. The van der Waals surface area contributed by atoms with Crippen LogP contribution in [0.25, 0.3) is 0 Å². The van der Waals surface area contributed by atoms with Crippen molar-refractivity contribution in [2.75, 3.05) is 0 Å². The molecule has 0 saturated carbocycles. The fourth-order valence-electron chi connectivity index (χ4n) is 0.294. The van der Waals surface area contributed by atoms with Crippen LogP contribution in [0.2, 0.25) is 0 Å². The molecule has 9 heavy (non-hydrogen) atoms. The van der Waals surface area contributed by atoms with Gasteiger partial charge in [-0.25, -0.2) is 0 Å². The molecule has 0 bridgehead atoms. The van der Waals surface area contributed by atoms with Gasteiger partial charge in [-0.15, -0.1) is 17.0 Å². The number of aliphatic hydroxyl groups excluding tert-OH is 1. The zero-order valence-corrected chi connectivity index (χ0v) is 8.11. The van der Waals surface area contributed by atoms with E-state index in [4.69, 9.17) is 5.11 Å². The molecule has 0 spiro atoms. The van der Waals surface area contributed by atoms with Gasteiger partial charge in [0.1, 0.15) is 0 Å². The Kier molecular flexibility index (Phi) is 14.7. The van der Waals surface area contributed by atoms with Crippen molar-refractivity contribution in [1.29, 1.82) is 0 Å². The molecular weight excluding hydrogens is 227 g/mol. The van der Waals surface area contributed by atoms with E-state index >= 15 is 0 Å². The van der Waals surface area contributed by atoms with E-state index in [1.807, 2.05) is 0 Å². The van der Waals surface area contributed by atoms with Gasteiger partial charge in [0, 0.05) is 23.1 Å². The molecule has 0 rings (SSSR count). The largest absolute Gasteiger partial charge is 0.512 e. The van der Waals surface area contributed by atoms with Gasteiger partial charge < -0.3 is 5.11 Å². The van der Waals surface area contributed by atoms with E-state index in [0.717, 1.165) is 0 Å². The van der Waals surface area contributed by atoms with E-state index < -0.39 is 0 Å². The van der Waals surface area contributed by atoms with Crippen LogP contribution < -0.4 is 0 Å². The van der Waals surface area contributed by atoms with Crippen molar-refractivity contribution in [2.45, 2.75) is 13.8 Å². The minimum Gasteiger partial charge on any atom is -0.512 e. The van der Waals surface area contributed by atoms with Gasteiger partial charge in [0.05, 0.1) is 5.76 Å². The Morgan fingerprint density at radius 1 is 1.44 bits per heavy atom. The predicted octanol–water partition coefficient (Wildman–Crippen LogP) is 1.61. The van der Waals surface area contributed by atoms with Crippen LogP contribution in [0.15, 0.2) is 11.8 Å². The smallest absolute Gasteiger partial charge is 0.155 e. The summed E-state index contributed by atoms with van der Waals surface area (Å²) in [5.41, 5.74) is 0. The summed E-state index contributed by atoms with van der Waals surface area (Å²) in [7, 11) is 0. The molecule has 1 radical (unpaired) electrons. The van der Waals surface area contributed by atoms with Crippen LogP contribution in [-0.2, 0) is 21.9 Å². The van der Waals surface area contributed by atoms with Crippen molar-refractivity contribution < 1.29 is 27.0 Å². The van der Waals surface area contributed by atoms with E-state index in [2.05, 4.69) is 0 Å². The molecule has 2 nitrogen and oxygen atoms in total. The summed E-state index contributed by atoms with van der Waals surface area (Å²) in [5, 5.41) is 8.36. The molecule has 0 fully saturated rings. The van der Waals surface area contributed by atoms with Gasteiger partial charge in [-0.3, -0.25) is 4.79 Å². The van der Waals surface area contributed by atoms with E-state index in [1.165, 1.54) is 19.9 Å². The first-order valence-electron chi connectivity index (χ1n) is 2.01. The van der Waals surface area contributed by atoms with Gasteiger partial charge in [0.2, 0.25) is 0 Å². The first-order chi connectivity index (χ1) is 3.13. The predicted molar refractivity (Wildman–Crippen MR) is 37.4 cm³/mol. The molecule has 55 valence electrons. The topological polar surface area (TPSA) is 37.3 Å². The van der Waals surface area contributed by atoms with Crippen LogP contribution in [0.1, 0.15) is 13.8 Å². The van der Waals surface area contributed by atoms with Crippen molar-refractivity contribution in [1.82, 2.24) is 0 Å². The minimum absolute atomic E-state index is 0. The summed E-state index contributed by atoms with van der Waals surface area (Å²) >= 11 is 0. The van der Waals surface area contributed by atoms with Crippen molar-refractivity contribution in [3.05, 3.63) is 11.8 Å². The molecule has 0 saturated heterocycles. The third-order valence-corrected chi connectivity index (χ3v) is 0.412. The Morgan fingerprint density at radius 2 is 1.78 bits per heavy atom. The van der Waals surface area contributed by atoms with Crippen molar-refractivity contribution >= 4 is 22.8 Å². The Labute approximate surface area is 75.6 Å². The zero-order chi connectivity index (χ0) is 5.86. The summed E-state index contributed by atoms with van der Waals surface area (Å²) in [6, 6.07) is 0. The van der Waals surface area contributed by atoms with E-state index in [-0.39, 0.29) is 45.6 Å². The summed E-state index contributed by atoms with van der Waals surface area (Å²) in [5.74, 6) is -0.0625. The molecule has 0 aliphatic carbocycles. The van der Waals surface area contributed by atoms with Crippen molar-refractivity contribution in [3.8, 4) is 0 Å². The zero-order valence-electron chi connectivity index (χ0n) is 5.22. The normalized spacial score (nSPS) is 8.89. The van der Waals surface area contributed by atoms with Gasteiger partial charge in [-0.1, -0.05) is 0 Å². The Hall–Kier alpha value is 0.209. The fourth-order valence-corrected chi connectivity index (χ4v) is 0.294. The maximum absolute atomic E-state index is 10.0. The van der Waals surface area contributed by atoms with Crippen molar-refractivity contribution in [3.63, 3.8) is 0 Å². The Balaban J connectivity index is -0.000000180. The number of aliphatic hydroxyl groups is 1. The van der Waals surface area contributed by atoms with Crippen LogP contribution >= 0.6 is 17.0 Å². The maximum atomic E-state index is 10.0. The van der Waals surface area contributed by atoms with Gasteiger partial charge in [-0.05, 0) is 13.8 Å². The fraction of sp³-hybridized carbons (Fsp3) is 0.400. The number of carbonyl (C=O) groups is 1. The third kappa shape index (κ3) is 17.9. The molecular formula is C5H9BrMnO2. The molecule has 0 aliphatic rings. The molecule has 0 aromatic rings. The Morgan fingerprint density at radius 3 is 1.78 bits per heavy atom. The number of allylic oxidation sites excluding steroid dienone is 2. The second-order valence-corrected chi connectivity index (χ2v) is 1.40. The van der Waals surface area contributed by atoms with E-state index in [1.54, 1.807) is 0 Å². The van der Waals surface area contributed by atoms with Gasteiger partial charge >= 0.3 is 0 Å². The third-order valence-electron chi connectivity index (χ3n) is 0.412. The molecule has 0 aromatic heterocycles. The molecule has 0 aromatic carbocycles. The van der Waals surface area contributed by atoms with Gasteiger partial charge in [0.25, 0.3) is 0 Å². The summed E-state index contributed by atoms with van der Waals surface area (Å²) < 4.78 is 0. The average molecular weight is 236 g/mol. The standard InChI is InChI=1S/C5H8O2.BrH.Mn/c1-4(6)3-5(2)7;;/h3,6H,1-2H3;1H;/b4-3-;;. The monoisotopic (exact) mass is 235 g/mol. The van der Waals surface area contributed by atoms with Gasteiger partial charge in [0.15, 0.2) is 5.78 Å². The molecule has 0 unspecified atom stereocenters. The molecule has 0 atom stereocenters. The van der Waals surface area contributed by atoms with Gasteiger partial charge in [-0.2, -0.15) is 0 Å². The van der Waals surface area contributed by atoms with E-state index in [9.17, 15) is 4.79 Å². The second kappa shape index (κ2) is 8.21. The number of hydrogen-bond donors (Lipinski definition) is 1. The summed E-state index contributed by atoms with van der Waals surface area (Å²) in [6.07, 6.45) is 1.17. The van der Waals surface area contributed by atoms with Crippen LogP contribution in [0.5, 0.6) is 0 Å². The summed E-state index contributed by atoms with van der Waals surface area (Å²) in [4.78, 5) is 10.0. The molecule has 0 aliphatic heterocycles. The molecule has 4 heteroatoms. The molecule has 0 amide bonds. The molecule has 0 heterocycles. The number of halogens is 1. The Bertz CT molecular complexity index is 108. The first-order valence-corrected chi connectivity index (χ1v) is 2.01. The quantitative estimate of drug-likeness (QED) is 0.426. The first kappa shape index (κ1) is 16.1.